The average molecular weight is 583 g/mol. The number of benzene rings is 2. The molecule has 0 spiro atoms. The van der Waals surface area contributed by atoms with Crippen molar-refractivity contribution in [3.05, 3.63) is 75.1 Å². The Bertz CT molecular complexity index is 949. The summed E-state index contributed by atoms with van der Waals surface area (Å²) in [6.07, 6.45) is 9.20. The summed E-state index contributed by atoms with van der Waals surface area (Å²) in [5, 5.41) is 2.94. The molecule has 0 radical (unpaired) electrons. The predicted molar refractivity (Wildman–Crippen MR) is 126 cm³/mol. The molecule has 2 aliphatic carbocycles. The number of hydrogen-bond donors (Lipinski definition) is 0. The van der Waals surface area contributed by atoms with Crippen molar-refractivity contribution in [2.24, 2.45) is 0 Å². The minimum absolute atomic E-state index is 0. The molecule has 0 unspecified atom stereocenters. The first kappa shape index (κ1) is 28.0. The van der Waals surface area contributed by atoms with Crippen LogP contribution in [0.25, 0.3) is 11.1 Å². The molecule has 30 heavy (non-hydrogen) atoms. The number of allylic oxidation sites excluding steroid dienone is 4. The van der Waals surface area contributed by atoms with Gasteiger partial charge in [0.25, 0.3) is 0 Å². The quantitative estimate of drug-likeness (QED) is 0.411. The molecule has 0 bridgehead atoms. The second-order valence-corrected chi connectivity index (χ2v) is 43.2. The Morgan fingerprint density at radius 2 is 1.47 bits per heavy atom. The van der Waals surface area contributed by atoms with Crippen molar-refractivity contribution in [2.45, 2.75) is 55.7 Å². The summed E-state index contributed by atoms with van der Waals surface area (Å²) in [5.41, 5.74) is 5.99. The van der Waals surface area contributed by atoms with Crippen LogP contribution >= 0.6 is 0 Å². The van der Waals surface area contributed by atoms with Crippen LogP contribution in [-0.4, -0.2) is 15.4 Å². The fraction of sp³-hybridized carbons (Fsp3) is 0.385. The fourth-order valence-corrected chi connectivity index (χ4v) is 17.4. The summed E-state index contributed by atoms with van der Waals surface area (Å²) in [4.78, 5) is 0. The van der Waals surface area contributed by atoms with Crippen LogP contribution in [0, 0.1) is 0 Å². The van der Waals surface area contributed by atoms with Gasteiger partial charge < -0.3 is 24.8 Å². The molecule has 0 atom stereocenters. The van der Waals surface area contributed by atoms with E-state index in [0.29, 0.717) is 15.4 Å². The van der Waals surface area contributed by atoms with Crippen molar-refractivity contribution in [2.75, 3.05) is 0 Å². The van der Waals surface area contributed by atoms with E-state index >= 15 is 0 Å². The van der Waals surface area contributed by atoms with Gasteiger partial charge in [0.05, 0.1) is 0 Å². The molecule has 0 aliphatic heterocycles. The van der Waals surface area contributed by atoms with Crippen LogP contribution in [0.5, 0.6) is 0 Å². The SMILES string of the molecule is C[CH2][Ge+2][CH2]C.[CH3][Zr]([CH3])([CH3])([CH3])([C]1=CC=CC1)[c]1cccc2c1Cc1ccccc1-2.[Cl-].[Cl-]. The molecule has 0 aromatic heterocycles. The number of rotatable bonds is 4. The van der Waals surface area contributed by atoms with E-state index in [0.717, 1.165) is 12.8 Å². The van der Waals surface area contributed by atoms with Crippen molar-refractivity contribution < 1.29 is 42.1 Å². The maximum Gasteiger partial charge on any atom is -1.00 e. The van der Waals surface area contributed by atoms with Crippen LogP contribution in [0.3, 0.4) is 0 Å². The first-order chi connectivity index (χ1) is 13.1. The van der Waals surface area contributed by atoms with Crippen LogP contribution in [0.2, 0.25) is 29.0 Å². The summed E-state index contributed by atoms with van der Waals surface area (Å²) >= 11 is -3.13. The summed E-state index contributed by atoms with van der Waals surface area (Å²) in [7, 11) is 0. The molecule has 2 aromatic carbocycles. The van der Waals surface area contributed by atoms with Crippen LogP contribution in [0.15, 0.2) is 64.0 Å². The number of fused-ring (bicyclic) bond motifs is 3. The predicted octanol–water partition coefficient (Wildman–Crippen LogP) is 1.72. The number of hydrogen-bond acceptors (Lipinski definition) is 0. The fourth-order valence-electron chi connectivity index (χ4n) is 4.92. The molecule has 0 fully saturated rings. The standard InChI is InChI=1S/C13H9.C5H5.C4H10Ge.4CH3.2ClH.Zr/c1-3-7-12-10(5-1)9-11-6-2-4-8-13(11)12;1-2-4-5-3-1;1-3-5-4-2;;;;;;;/h1-5,7-8H,9H2;1-3H,4H2;3-4H2,1-2H3;4*1H3;2*1H;/q;;+2;;;;;;;/p-2. The molecule has 0 amide bonds. The van der Waals surface area contributed by atoms with E-state index in [4.69, 9.17) is 0 Å². The van der Waals surface area contributed by atoms with E-state index in [1.54, 1.807) is 12.1 Å². The van der Waals surface area contributed by atoms with E-state index in [1.165, 1.54) is 27.2 Å². The molecule has 4 heteroatoms. The molecule has 2 aliphatic rings. The monoisotopic (exact) mass is 582 g/mol. The molecular weight excluding hydrogens is 547 g/mol. The molecule has 4 rings (SSSR count). The Balaban J connectivity index is 0.000000581. The van der Waals surface area contributed by atoms with E-state index in [-0.39, 0.29) is 24.8 Å². The van der Waals surface area contributed by atoms with E-state index in [2.05, 4.69) is 93.1 Å². The first-order valence-electron chi connectivity index (χ1n) is 10.9. The Morgan fingerprint density at radius 3 is 2.03 bits per heavy atom. The van der Waals surface area contributed by atoms with Gasteiger partial charge in [-0.3, -0.25) is 0 Å². The largest absolute Gasteiger partial charge is 1.00 e. The normalized spacial score (nSPS) is 15.6. The zero-order valence-electron chi connectivity index (χ0n) is 19.4. The van der Waals surface area contributed by atoms with Crippen molar-refractivity contribution in [3.8, 4) is 11.1 Å². The Morgan fingerprint density at radius 1 is 0.833 bits per heavy atom. The van der Waals surface area contributed by atoms with Gasteiger partial charge in [-0.05, 0) is 0 Å². The van der Waals surface area contributed by atoms with Gasteiger partial charge >= 0.3 is 178 Å². The smallest absolute Gasteiger partial charge is 1.00 e. The summed E-state index contributed by atoms with van der Waals surface area (Å²) in [6.45, 7) is 4.53. The second-order valence-electron chi connectivity index (χ2n) is 11.1. The molecule has 0 saturated carbocycles. The van der Waals surface area contributed by atoms with Gasteiger partial charge in [-0.15, -0.1) is 0 Å². The Kier molecular flexibility index (Phi) is 9.15. The molecule has 0 saturated heterocycles. The molecule has 2 aromatic rings. The van der Waals surface area contributed by atoms with Crippen molar-refractivity contribution in [1.29, 1.82) is 0 Å². The first-order valence-corrected chi connectivity index (χ1v) is 26.1. The molecular formula is C26H36Cl2GeZr. The second kappa shape index (κ2) is 9.82. The van der Waals surface area contributed by atoms with E-state index in [9.17, 15) is 0 Å². The average Bonchev–Trinajstić information content (AvgIpc) is 3.31. The van der Waals surface area contributed by atoms with Crippen molar-refractivity contribution in [1.82, 2.24) is 0 Å². The molecule has 162 valence electrons. The minimum atomic E-state index is -3.66. The van der Waals surface area contributed by atoms with Gasteiger partial charge in [-0.2, -0.15) is 0 Å². The minimum Gasteiger partial charge on any atom is -1.00 e. The maximum atomic E-state index is 2.61. The third kappa shape index (κ3) is 5.28. The zero-order valence-corrected chi connectivity index (χ0v) is 25.4. The molecule has 0 heterocycles. The Hall–Kier alpha value is -0.0740. The Labute approximate surface area is 201 Å². The summed E-state index contributed by atoms with van der Waals surface area (Å²) < 4.78 is 13.8. The van der Waals surface area contributed by atoms with Gasteiger partial charge in [-0.25, -0.2) is 0 Å². The van der Waals surface area contributed by atoms with Crippen LogP contribution in [-0.2, 0) is 23.7 Å². The van der Waals surface area contributed by atoms with Crippen LogP contribution in [0.1, 0.15) is 31.4 Å². The van der Waals surface area contributed by atoms with Crippen LogP contribution in [0.4, 0.5) is 0 Å². The number of halogens is 2. The maximum absolute atomic E-state index is 3.66. The van der Waals surface area contributed by atoms with Gasteiger partial charge in [0.15, 0.2) is 0 Å². The third-order valence-electron chi connectivity index (χ3n) is 6.78. The molecule has 0 N–H and O–H groups in total. The van der Waals surface area contributed by atoms with Gasteiger partial charge in [0, 0.05) is 0 Å². The van der Waals surface area contributed by atoms with Crippen LogP contribution < -0.4 is 28.1 Å². The topological polar surface area (TPSA) is 0 Å². The summed E-state index contributed by atoms with van der Waals surface area (Å²) in [6, 6.07) is 16.0. The van der Waals surface area contributed by atoms with Gasteiger partial charge in [-0.1, -0.05) is 0 Å². The van der Waals surface area contributed by atoms with Gasteiger partial charge in [0.2, 0.25) is 0 Å². The van der Waals surface area contributed by atoms with E-state index in [1.807, 2.05) is 0 Å². The zero-order chi connectivity index (χ0) is 20.5. The molecule has 0 nitrogen and oxygen atoms in total. The van der Waals surface area contributed by atoms with E-state index < -0.39 is 17.3 Å². The van der Waals surface area contributed by atoms with Crippen molar-refractivity contribution >= 4 is 18.7 Å². The summed E-state index contributed by atoms with van der Waals surface area (Å²) in [5.74, 6) is 0. The third-order valence-corrected chi connectivity index (χ3v) is 24.0. The van der Waals surface area contributed by atoms with Crippen molar-refractivity contribution in [3.63, 3.8) is 0 Å². The van der Waals surface area contributed by atoms with Gasteiger partial charge in [0.1, 0.15) is 0 Å².